The Kier molecular flexibility index (Phi) is 2.57. The zero-order chi connectivity index (χ0) is 13.5. The van der Waals surface area contributed by atoms with Gasteiger partial charge in [-0.15, -0.1) is 11.3 Å². The molecule has 4 rings (SSSR count). The van der Waals surface area contributed by atoms with E-state index in [1.54, 1.807) is 11.3 Å². The lowest BCUT2D eigenvalue weighted by Gasteiger charge is -1.99. The van der Waals surface area contributed by atoms with E-state index in [4.69, 9.17) is 4.98 Å². The Bertz CT molecular complexity index is 921. The van der Waals surface area contributed by atoms with Crippen molar-refractivity contribution in [2.75, 3.05) is 0 Å². The number of aryl methyl sites for hydroxylation is 1. The first-order valence-electron chi connectivity index (χ1n) is 6.67. The molecule has 0 amide bonds. The highest BCUT2D eigenvalue weighted by atomic mass is 32.1. The number of benzene rings is 3. The molecule has 0 atom stereocenters. The fourth-order valence-electron chi connectivity index (χ4n) is 2.58. The molecule has 1 heterocycles. The summed E-state index contributed by atoms with van der Waals surface area (Å²) in [6.45, 7) is 2.14. The average Bonchev–Trinajstić information content (AvgIpc) is 2.92. The molecule has 0 radical (unpaired) electrons. The Hall–Kier alpha value is -2.19. The molecule has 1 aromatic heterocycles. The van der Waals surface area contributed by atoms with Gasteiger partial charge in [-0.25, -0.2) is 4.98 Å². The average molecular weight is 275 g/mol. The Morgan fingerprint density at radius 1 is 0.850 bits per heavy atom. The Balaban J connectivity index is 2.04. The molecule has 0 aliphatic carbocycles. The van der Waals surface area contributed by atoms with Crippen molar-refractivity contribution in [2.45, 2.75) is 6.92 Å². The molecule has 1 nitrogen and oxygen atoms in total. The van der Waals surface area contributed by atoms with E-state index in [9.17, 15) is 0 Å². The highest BCUT2D eigenvalue weighted by molar-refractivity contribution is 7.22. The lowest BCUT2D eigenvalue weighted by atomic mass is 10.1. The maximum atomic E-state index is 4.81. The molecule has 0 N–H and O–H groups in total. The van der Waals surface area contributed by atoms with E-state index in [2.05, 4.69) is 67.6 Å². The van der Waals surface area contributed by atoms with Crippen molar-refractivity contribution in [3.05, 3.63) is 66.2 Å². The number of hydrogen-bond acceptors (Lipinski definition) is 2. The summed E-state index contributed by atoms with van der Waals surface area (Å²) in [7, 11) is 0. The predicted molar refractivity (Wildman–Crippen MR) is 87.3 cm³/mol. The van der Waals surface area contributed by atoms with Crippen LogP contribution in [0.2, 0.25) is 0 Å². The second kappa shape index (κ2) is 4.43. The van der Waals surface area contributed by atoms with Crippen molar-refractivity contribution >= 4 is 32.3 Å². The lowest BCUT2D eigenvalue weighted by molar-refractivity contribution is 1.42. The van der Waals surface area contributed by atoms with Gasteiger partial charge >= 0.3 is 0 Å². The van der Waals surface area contributed by atoms with Gasteiger partial charge in [0.25, 0.3) is 0 Å². The third kappa shape index (κ3) is 1.73. The van der Waals surface area contributed by atoms with Gasteiger partial charge in [-0.05, 0) is 23.9 Å². The molecule has 4 aromatic rings. The lowest BCUT2D eigenvalue weighted by Crippen LogP contribution is -1.80. The highest BCUT2D eigenvalue weighted by Crippen LogP contribution is 2.35. The van der Waals surface area contributed by atoms with E-state index in [1.165, 1.54) is 26.6 Å². The first-order valence-corrected chi connectivity index (χ1v) is 7.49. The molecule has 20 heavy (non-hydrogen) atoms. The van der Waals surface area contributed by atoms with Crippen LogP contribution in [-0.4, -0.2) is 4.98 Å². The van der Waals surface area contributed by atoms with E-state index in [1.807, 2.05) is 0 Å². The summed E-state index contributed by atoms with van der Waals surface area (Å²) in [5, 5.41) is 3.68. The van der Waals surface area contributed by atoms with Crippen LogP contribution in [0.4, 0.5) is 0 Å². The molecule has 0 aliphatic heterocycles. The minimum absolute atomic E-state index is 1.09. The summed E-state index contributed by atoms with van der Waals surface area (Å²) in [6, 6.07) is 21.2. The van der Waals surface area contributed by atoms with Crippen LogP contribution in [0.15, 0.2) is 60.7 Å². The molecule has 3 aromatic carbocycles. The van der Waals surface area contributed by atoms with Gasteiger partial charge in [0.1, 0.15) is 5.01 Å². The van der Waals surface area contributed by atoms with Gasteiger partial charge in [0.05, 0.1) is 10.2 Å². The van der Waals surface area contributed by atoms with Crippen molar-refractivity contribution in [1.82, 2.24) is 4.98 Å². The Morgan fingerprint density at radius 3 is 2.55 bits per heavy atom. The minimum Gasteiger partial charge on any atom is -0.236 e. The minimum atomic E-state index is 1.09. The molecule has 0 aliphatic rings. The number of rotatable bonds is 1. The van der Waals surface area contributed by atoms with Crippen LogP contribution in [-0.2, 0) is 0 Å². The number of nitrogens with zero attached hydrogens (tertiary/aromatic N) is 1. The maximum absolute atomic E-state index is 4.81. The van der Waals surface area contributed by atoms with Gasteiger partial charge in [0, 0.05) is 10.9 Å². The first-order chi connectivity index (χ1) is 9.83. The smallest absolute Gasteiger partial charge is 0.124 e. The number of thiazole rings is 1. The van der Waals surface area contributed by atoms with E-state index in [0.717, 1.165) is 10.5 Å². The Labute approximate surface area is 121 Å². The highest BCUT2D eigenvalue weighted by Gasteiger charge is 2.10. The van der Waals surface area contributed by atoms with Gasteiger partial charge < -0.3 is 0 Å². The molecular weight excluding hydrogens is 262 g/mol. The fraction of sp³-hybridized carbons (Fsp3) is 0.0556. The third-order valence-electron chi connectivity index (χ3n) is 3.66. The molecule has 0 spiro atoms. The molecule has 96 valence electrons. The van der Waals surface area contributed by atoms with E-state index in [0.29, 0.717) is 0 Å². The third-order valence-corrected chi connectivity index (χ3v) is 4.79. The zero-order valence-electron chi connectivity index (χ0n) is 11.1. The van der Waals surface area contributed by atoms with Crippen LogP contribution in [0.25, 0.3) is 31.6 Å². The number of aromatic nitrogens is 1. The molecule has 2 heteroatoms. The summed E-state index contributed by atoms with van der Waals surface area (Å²) < 4.78 is 1.28. The quantitative estimate of drug-likeness (QED) is 0.451. The zero-order valence-corrected chi connectivity index (χ0v) is 11.9. The summed E-state index contributed by atoms with van der Waals surface area (Å²) in [5.74, 6) is 0. The molecule has 0 saturated heterocycles. The summed E-state index contributed by atoms with van der Waals surface area (Å²) in [5.41, 5.74) is 3.60. The molecule has 0 fully saturated rings. The maximum Gasteiger partial charge on any atom is 0.124 e. The molecule has 0 saturated carbocycles. The fourth-order valence-corrected chi connectivity index (χ4v) is 3.77. The van der Waals surface area contributed by atoms with Gasteiger partial charge in [-0.3, -0.25) is 0 Å². The molecule has 0 unspecified atom stereocenters. The summed E-state index contributed by atoms with van der Waals surface area (Å²) in [4.78, 5) is 4.81. The van der Waals surface area contributed by atoms with Gasteiger partial charge in [-0.1, -0.05) is 54.6 Å². The van der Waals surface area contributed by atoms with Crippen LogP contribution in [0.5, 0.6) is 0 Å². The van der Waals surface area contributed by atoms with Crippen LogP contribution in [0, 0.1) is 6.92 Å². The van der Waals surface area contributed by atoms with Crippen molar-refractivity contribution < 1.29 is 0 Å². The van der Waals surface area contributed by atoms with E-state index in [-0.39, 0.29) is 0 Å². The van der Waals surface area contributed by atoms with Gasteiger partial charge in [0.2, 0.25) is 0 Å². The van der Waals surface area contributed by atoms with E-state index >= 15 is 0 Å². The van der Waals surface area contributed by atoms with Crippen molar-refractivity contribution in [3.63, 3.8) is 0 Å². The number of hydrogen-bond donors (Lipinski definition) is 0. The standard InChI is InChI=1S/C18H13NS/c1-12-6-2-4-8-14(12)18-19-16-11-10-13-7-3-5-9-15(13)17(16)20-18/h2-11H,1H3. The second-order valence-corrected chi connectivity index (χ2v) is 5.97. The summed E-state index contributed by atoms with van der Waals surface area (Å²) in [6.07, 6.45) is 0. The van der Waals surface area contributed by atoms with Crippen molar-refractivity contribution in [1.29, 1.82) is 0 Å². The van der Waals surface area contributed by atoms with Crippen molar-refractivity contribution in [3.8, 4) is 10.6 Å². The second-order valence-electron chi connectivity index (χ2n) is 4.97. The monoisotopic (exact) mass is 275 g/mol. The SMILES string of the molecule is Cc1ccccc1-c1nc2ccc3ccccc3c2s1. The van der Waals surface area contributed by atoms with Crippen LogP contribution < -0.4 is 0 Å². The first kappa shape index (κ1) is 11.6. The van der Waals surface area contributed by atoms with Crippen molar-refractivity contribution in [2.24, 2.45) is 0 Å². The van der Waals surface area contributed by atoms with E-state index < -0.39 is 0 Å². The largest absolute Gasteiger partial charge is 0.236 e. The Morgan fingerprint density at radius 2 is 1.65 bits per heavy atom. The number of fused-ring (bicyclic) bond motifs is 3. The molecular formula is C18H13NS. The van der Waals surface area contributed by atoms with Gasteiger partial charge in [-0.2, -0.15) is 0 Å². The topological polar surface area (TPSA) is 12.9 Å². The van der Waals surface area contributed by atoms with Gasteiger partial charge in [0.15, 0.2) is 0 Å². The molecule has 0 bridgehead atoms. The van der Waals surface area contributed by atoms with Crippen LogP contribution in [0.3, 0.4) is 0 Å². The van der Waals surface area contributed by atoms with Crippen LogP contribution >= 0.6 is 11.3 Å². The summed E-state index contributed by atoms with van der Waals surface area (Å²) >= 11 is 1.78. The van der Waals surface area contributed by atoms with Crippen LogP contribution in [0.1, 0.15) is 5.56 Å². The normalized spacial score (nSPS) is 11.2. The predicted octanol–water partition coefficient (Wildman–Crippen LogP) is 5.42.